The molecule has 36 heavy (non-hydrogen) atoms. The van der Waals surface area contributed by atoms with Crippen molar-refractivity contribution in [1.29, 1.82) is 0 Å². The largest absolute Gasteiger partial charge is 0.479 e. The number of rotatable bonds is 8. The minimum Gasteiger partial charge on any atom is -0.479 e. The van der Waals surface area contributed by atoms with Crippen LogP contribution in [0.15, 0.2) is 39.9 Å². The number of anilines is 4. The second-order valence-corrected chi connectivity index (χ2v) is 10.9. The van der Waals surface area contributed by atoms with Gasteiger partial charge >= 0.3 is 0 Å². The van der Waals surface area contributed by atoms with Gasteiger partial charge in [-0.3, -0.25) is 0 Å². The van der Waals surface area contributed by atoms with Crippen LogP contribution in [0.1, 0.15) is 11.1 Å². The molecule has 0 bridgehead atoms. The van der Waals surface area contributed by atoms with E-state index in [2.05, 4.69) is 103 Å². The quantitative estimate of drug-likeness (QED) is 0.140. The maximum Gasteiger partial charge on any atom is 0.250 e. The molecule has 0 atom stereocenters. The highest BCUT2D eigenvalue weighted by Gasteiger charge is 2.17. The van der Waals surface area contributed by atoms with Gasteiger partial charge in [-0.05, 0) is 97.9 Å². The molecule has 4 rings (SSSR count). The van der Waals surface area contributed by atoms with Crippen LogP contribution in [0, 0.1) is 26.4 Å². The number of ether oxygens (including phenoxy) is 2. The lowest BCUT2D eigenvalue weighted by molar-refractivity contribution is 0.122. The summed E-state index contributed by atoms with van der Waals surface area (Å²) >= 11 is 8.07. The smallest absolute Gasteiger partial charge is 0.250 e. The third-order valence-electron chi connectivity index (χ3n) is 4.99. The second kappa shape index (κ2) is 12.8. The monoisotopic (exact) mass is 773 g/mol. The molecular weight excluding hydrogens is 752 g/mol. The molecule has 2 aromatic carbocycles. The highest BCUT2D eigenvalue weighted by molar-refractivity contribution is 14.1. The average molecular weight is 774 g/mol. The molecule has 0 spiro atoms. The van der Waals surface area contributed by atoms with Gasteiger partial charge in [0.15, 0.2) is 0 Å². The molecule has 2 N–H and O–H groups in total. The van der Waals surface area contributed by atoms with Crippen molar-refractivity contribution >= 4 is 90.9 Å². The summed E-state index contributed by atoms with van der Waals surface area (Å²) in [5, 5.41) is 7.65. The van der Waals surface area contributed by atoms with Crippen molar-refractivity contribution in [2.24, 2.45) is 5.10 Å². The molecule has 1 aliphatic rings. The summed E-state index contributed by atoms with van der Waals surface area (Å²) in [4.78, 5) is 15.8. The van der Waals surface area contributed by atoms with E-state index in [1.807, 2.05) is 37.3 Å². The molecule has 0 amide bonds. The molecule has 1 aliphatic heterocycles. The molecule has 12 heteroatoms. The van der Waals surface area contributed by atoms with Crippen molar-refractivity contribution in [3.63, 3.8) is 0 Å². The van der Waals surface area contributed by atoms with Crippen molar-refractivity contribution in [1.82, 2.24) is 15.0 Å². The fourth-order valence-electron chi connectivity index (χ4n) is 3.32. The number of benzene rings is 2. The predicted octanol–water partition coefficient (Wildman–Crippen LogP) is 5.19. The van der Waals surface area contributed by atoms with Crippen LogP contribution in [0.25, 0.3) is 0 Å². The number of aromatic nitrogens is 3. The van der Waals surface area contributed by atoms with E-state index in [0.29, 0.717) is 49.9 Å². The van der Waals surface area contributed by atoms with Gasteiger partial charge in [-0.15, -0.1) is 6.42 Å². The molecule has 1 fully saturated rings. The SMILES string of the molecule is C#CCOc1c(I)cc(I)cc1/C=N\Nc1nc(Nc2ccc(C)cc2Br)nc(N2CCOCC2)n1. The molecule has 0 unspecified atom stereocenters. The number of nitrogens with one attached hydrogen (secondary N) is 2. The third kappa shape index (κ3) is 7.17. The average Bonchev–Trinajstić information content (AvgIpc) is 2.86. The van der Waals surface area contributed by atoms with Crippen LogP contribution in [-0.4, -0.2) is 54.1 Å². The normalized spacial score (nSPS) is 13.5. The summed E-state index contributed by atoms with van der Waals surface area (Å²) in [5.74, 6) is 4.42. The number of terminal acetylenes is 1. The van der Waals surface area contributed by atoms with Crippen LogP contribution in [0.5, 0.6) is 5.75 Å². The Hall–Kier alpha value is -2.22. The Balaban J connectivity index is 1.61. The summed E-state index contributed by atoms with van der Waals surface area (Å²) in [6.45, 7) is 4.82. The molecule has 0 aliphatic carbocycles. The summed E-state index contributed by atoms with van der Waals surface area (Å²) < 4.78 is 14.1. The van der Waals surface area contributed by atoms with Crippen molar-refractivity contribution in [3.8, 4) is 18.1 Å². The maximum atomic E-state index is 5.74. The van der Waals surface area contributed by atoms with Gasteiger partial charge in [-0.25, -0.2) is 5.43 Å². The van der Waals surface area contributed by atoms with Crippen LogP contribution in [0.3, 0.4) is 0 Å². The van der Waals surface area contributed by atoms with Crippen molar-refractivity contribution in [3.05, 3.63) is 53.1 Å². The molecule has 9 nitrogen and oxygen atoms in total. The Bertz CT molecular complexity index is 1310. The van der Waals surface area contributed by atoms with E-state index in [-0.39, 0.29) is 6.61 Å². The molecule has 3 aromatic rings. The van der Waals surface area contributed by atoms with Crippen LogP contribution >= 0.6 is 61.1 Å². The topological polar surface area (TPSA) is 96.8 Å². The van der Waals surface area contributed by atoms with Gasteiger partial charge in [0.05, 0.1) is 28.7 Å². The summed E-state index contributed by atoms with van der Waals surface area (Å²) in [5.41, 5.74) is 5.72. The number of hydrogen-bond donors (Lipinski definition) is 2. The van der Waals surface area contributed by atoms with E-state index in [0.717, 1.165) is 28.4 Å². The number of morpholine rings is 1. The Labute approximate surface area is 245 Å². The van der Waals surface area contributed by atoms with Gasteiger partial charge in [0.2, 0.25) is 17.8 Å². The summed E-state index contributed by atoms with van der Waals surface area (Å²) in [6.07, 6.45) is 7.04. The Kier molecular flexibility index (Phi) is 9.57. The number of nitrogens with zero attached hydrogens (tertiary/aromatic N) is 5. The zero-order chi connectivity index (χ0) is 25.5. The van der Waals surface area contributed by atoms with Crippen LogP contribution in [0.2, 0.25) is 0 Å². The molecule has 186 valence electrons. The van der Waals surface area contributed by atoms with E-state index in [1.54, 1.807) is 6.21 Å². The molecule has 0 radical (unpaired) electrons. The number of aryl methyl sites for hydroxylation is 1. The van der Waals surface area contributed by atoms with Gasteiger partial charge in [-0.1, -0.05) is 12.0 Å². The lowest BCUT2D eigenvalue weighted by Gasteiger charge is -2.27. The van der Waals surface area contributed by atoms with Crippen LogP contribution in [0.4, 0.5) is 23.5 Å². The molecule has 0 saturated carbocycles. The molecule has 1 aromatic heterocycles. The van der Waals surface area contributed by atoms with Crippen molar-refractivity contribution in [2.75, 3.05) is 48.6 Å². The van der Waals surface area contributed by atoms with Gasteiger partial charge < -0.3 is 19.7 Å². The van der Waals surface area contributed by atoms with Crippen molar-refractivity contribution < 1.29 is 9.47 Å². The standard InChI is InChI=1S/C24H22BrI2N7O2/c1-3-8-36-21-16(12-17(26)13-19(21)27)14-28-33-23-30-22(29-20-5-4-15(2)11-18(20)25)31-24(32-23)34-6-9-35-10-7-34/h1,4-5,11-14H,6-10H2,2H3,(H2,29,30,31,32,33)/b28-14-. The maximum absolute atomic E-state index is 5.74. The first-order chi connectivity index (χ1) is 17.4. The summed E-state index contributed by atoms with van der Waals surface area (Å²) in [6, 6.07) is 9.99. The minimum absolute atomic E-state index is 0.171. The van der Waals surface area contributed by atoms with E-state index in [4.69, 9.17) is 15.9 Å². The minimum atomic E-state index is 0.171. The highest BCUT2D eigenvalue weighted by Crippen LogP contribution is 2.28. The van der Waals surface area contributed by atoms with Gasteiger partial charge in [0, 0.05) is 26.7 Å². The zero-order valence-corrected chi connectivity index (χ0v) is 25.2. The van der Waals surface area contributed by atoms with Gasteiger partial charge in [0.25, 0.3) is 0 Å². The van der Waals surface area contributed by atoms with Crippen LogP contribution in [-0.2, 0) is 4.74 Å². The van der Waals surface area contributed by atoms with E-state index >= 15 is 0 Å². The van der Waals surface area contributed by atoms with E-state index < -0.39 is 0 Å². The Morgan fingerprint density at radius 2 is 1.97 bits per heavy atom. The molecule has 2 heterocycles. The first kappa shape index (κ1) is 26.8. The van der Waals surface area contributed by atoms with E-state index in [9.17, 15) is 0 Å². The van der Waals surface area contributed by atoms with Crippen molar-refractivity contribution in [2.45, 2.75) is 6.92 Å². The predicted molar refractivity (Wildman–Crippen MR) is 162 cm³/mol. The van der Waals surface area contributed by atoms with Gasteiger partial charge in [-0.2, -0.15) is 20.1 Å². The fourth-order valence-corrected chi connectivity index (χ4v) is 5.96. The molecule has 1 saturated heterocycles. The number of hydrazone groups is 1. The lowest BCUT2D eigenvalue weighted by atomic mass is 10.2. The zero-order valence-electron chi connectivity index (χ0n) is 19.3. The Morgan fingerprint density at radius 3 is 2.72 bits per heavy atom. The van der Waals surface area contributed by atoms with E-state index in [1.165, 1.54) is 0 Å². The fraction of sp³-hybridized carbons (Fsp3) is 0.250. The lowest BCUT2D eigenvalue weighted by Crippen LogP contribution is -2.37. The van der Waals surface area contributed by atoms with Crippen LogP contribution < -0.4 is 20.4 Å². The molecular formula is C24H22BrI2N7O2. The first-order valence-electron chi connectivity index (χ1n) is 10.9. The number of halogens is 3. The highest BCUT2D eigenvalue weighted by atomic mass is 127. The Morgan fingerprint density at radius 1 is 1.19 bits per heavy atom. The number of hydrogen-bond acceptors (Lipinski definition) is 9. The first-order valence-corrected chi connectivity index (χ1v) is 13.8. The second-order valence-electron chi connectivity index (χ2n) is 7.66. The van der Waals surface area contributed by atoms with Gasteiger partial charge in [0.1, 0.15) is 12.4 Å². The third-order valence-corrected chi connectivity index (χ3v) is 7.07. The summed E-state index contributed by atoms with van der Waals surface area (Å²) in [7, 11) is 0.